The van der Waals surface area contributed by atoms with Crippen LogP contribution in [-0.2, 0) is 23.1 Å². The second-order valence-electron chi connectivity index (χ2n) is 7.14. The van der Waals surface area contributed by atoms with E-state index in [0.717, 1.165) is 5.56 Å². The summed E-state index contributed by atoms with van der Waals surface area (Å²) in [6.45, 7) is 4.19. The van der Waals surface area contributed by atoms with Crippen LogP contribution in [0.25, 0.3) is 0 Å². The van der Waals surface area contributed by atoms with E-state index in [1.54, 1.807) is 48.9 Å². The zero-order valence-electron chi connectivity index (χ0n) is 18.6. The van der Waals surface area contributed by atoms with Crippen molar-refractivity contribution in [2.75, 3.05) is 17.7 Å². The lowest BCUT2D eigenvalue weighted by molar-refractivity contribution is -0.113. The van der Waals surface area contributed by atoms with E-state index in [9.17, 15) is 14.4 Å². The number of benzene rings is 2. The van der Waals surface area contributed by atoms with Crippen molar-refractivity contribution in [1.82, 2.24) is 20.1 Å². The topological polar surface area (TPSA) is 115 Å². The van der Waals surface area contributed by atoms with Gasteiger partial charge in [0.2, 0.25) is 5.91 Å². The summed E-state index contributed by atoms with van der Waals surface area (Å²) in [5, 5.41) is 14.4. The Morgan fingerprint density at radius 3 is 2.52 bits per heavy atom. The van der Waals surface area contributed by atoms with E-state index in [1.165, 1.54) is 11.8 Å². The van der Waals surface area contributed by atoms with Crippen LogP contribution in [0.1, 0.15) is 39.0 Å². The number of ether oxygens (including phenoxy) is 1. The molecule has 0 radical (unpaired) electrons. The summed E-state index contributed by atoms with van der Waals surface area (Å²) < 4.78 is 6.68. The maximum absolute atomic E-state index is 12.3. The number of carbonyl (C=O) groups is 3. The third-order valence-corrected chi connectivity index (χ3v) is 5.64. The molecule has 0 saturated heterocycles. The molecule has 1 heterocycles. The largest absolute Gasteiger partial charge is 0.462 e. The average molecular weight is 468 g/mol. The van der Waals surface area contributed by atoms with E-state index in [4.69, 9.17) is 4.74 Å². The van der Waals surface area contributed by atoms with Gasteiger partial charge < -0.3 is 19.9 Å². The molecule has 1 aromatic heterocycles. The first-order valence-corrected chi connectivity index (χ1v) is 11.3. The molecular weight excluding hydrogens is 442 g/mol. The number of rotatable bonds is 9. The van der Waals surface area contributed by atoms with Crippen LogP contribution in [-0.4, -0.2) is 44.9 Å². The van der Waals surface area contributed by atoms with Crippen LogP contribution < -0.4 is 10.6 Å². The van der Waals surface area contributed by atoms with Gasteiger partial charge in [0.25, 0.3) is 5.91 Å². The smallest absolute Gasteiger partial charge is 0.338 e. The predicted octanol–water partition coefficient (Wildman–Crippen LogP) is 2.96. The average Bonchev–Trinajstić information content (AvgIpc) is 3.16. The Balaban J connectivity index is 1.49. The second-order valence-corrected chi connectivity index (χ2v) is 8.09. The molecule has 0 aliphatic heterocycles. The number of hydrogen-bond acceptors (Lipinski definition) is 7. The van der Waals surface area contributed by atoms with E-state index in [-0.39, 0.29) is 24.1 Å². The number of hydrogen-bond donors (Lipinski definition) is 2. The van der Waals surface area contributed by atoms with Gasteiger partial charge in [-0.1, -0.05) is 29.5 Å². The fraction of sp³-hybridized carbons (Fsp3) is 0.261. The number of amides is 2. The SMILES string of the molecule is CCOC(=O)c1ccc(NC(=O)CSc2nnc(CNC(=O)c3cccc(C)c3)n2C)cc1. The predicted molar refractivity (Wildman–Crippen MR) is 125 cm³/mol. The summed E-state index contributed by atoms with van der Waals surface area (Å²) in [6.07, 6.45) is 0. The molecular formula is C23H25N5O4S. The molecule has 0 saturated carbocycles. The van der Waals surface area contributed by atoms with Crippen LogP contribution in [0.3, 0.4) is 0 Å². The van der Waals surface area contributed by atoms with E-state index < -0.39 is 5.97 Å². The molecule has 0 aliphatic carbocycles. The van der Waals surface area contributed by atoms with Gasteiger partial charge in [-0.15, -0.1) is 10.2 Å². The van der Waals surface area contributed by atoms with Gasteiger partial charge in [0.1, 0.15) is 0 Å². The van der Waals surface area contributed by atoms with Crippen molar-refractivity contribution in [2.45, 2.75) is 25.5 Å². The van der Waals surface area contributed by atoms with Gasteiger partial charge in [0, 0.05) is 18.3 Å². The number of nitrogens with zero attached hydrogens (tertiary/aromatic N) is 3. The summed E-state index contributed by atoms with van der Waals surface area (Å²) in [6, 6.07) is 13.8. The lowest BCUT2D eigenvalue weighted by Gasteiger charge is -2.07. The molecule has 2 aromatic carbocycles. The van der Waals surface area contributed by atoms with Crippen LogP contribution in [0.5, 0.6) is 0 Å². The Bertz CT molecular complexity index is 1140. The lowest BCUT2D eigenvalue weighted by Crippen LogP contribution is -2.24. The van der Waals surface area contributed by atoms with Gasteiger partial charge in [-0.3, -0.25) is 9.59 Å². The van der Waals surface area contributed by atoms with Crippen LogP contribution in [0.2, 0.25) is 0 Å². The highest BCUT2D eigenvalue weighted by atomic mass is 32.2. The summed E-state index contributed by atoms with van der Waals surface area (Å²) >= 11 is 1.23. The first-order valence-electron chi connectivity index (χ1n) is 10.3. The van der Waals surface area contributed by atoms with Crippen LogP contribution in [0, 0.1) is 6.92 Å². The second kappa shape index (κ2) is 11.3. The first kappa shape index (κ1) is 24.0. The quantitative estimate of drug-likeness (QED) is 0.367. The number of aryl methyl sites for hydroxylation is 1. The lowest BCUT2D eigenvalue weighted by atomic mass is 10.1. The van der Waals surface area contributed by atoms with E-state index >= 15 is 0 Å². The molecule has 10 heteroatoms. The minimum absolute atomic E-state index is 0.126. The van der Waals surface area contributed by atoms with Gasteiger partial charge in [-0.05, 0) is 50.2 Å². The summed E-state index contributed by atoms with van der Waals surface area (Å²) in [5.41, 5.74) is 2.59. The molecule has 0 unspecified atom stereocenters. The van der Waals surface area contributed by atoms with Crippen molar-refractivity contribution in [3.63, 3.8) is 0 Å². The number of carbonyl (C=O) groups excluding carboxylic acids is 3. The maximum atomic E-state index is 12.3. The molecule has 3 aromatic rings. The molecule has 2 N–H and O–H groups in total. The van der Waals surface area contributed by atoms with Crippen LogP contribution >= 0.6 is 11.8 Å². The highest BCUT2D eigenvalue weighted by molar-refractivity contribution is 7.99. The van der Waals surface area contributed by atoms with Crippen molar-refractivity contribution in [2.24, 2.45) is 7.05 Å². The summed E-state index contributed by atoms with van der Waals surface area (Å²) in [7, 11) is 1.78. The Hall–Kier alpha value is -3.66. The fourth-order valence-corrected chi connectivity index (χ4v) is 3.63. The van der Waals surface area contributed by atoms with Crippen molar-refractivity contribution in [3.05, 3.63) is 71.0 Å². The van der Waals surface area contributed by atoms with Crippen molar-refractivity contribution >= 4 is 35.2 Å². The van der Waals surface area contributed by atoms with Gasteiger partial charge >= 0.3 is 5.97 Å². The Morgan fingerprint density at radius 2 is 1.82 bits per heavy atom. The highest BCUT2D eigenvalue weighted by Gasteiger charge is 2.14. The Labute approximate surface area is 195 Å². The van der Waals surface area contributed by atoms with Crippen molar-refractivity contribution in [1.29, 1.82) is 0 Å². The molecule has 172 valence electrons. The molecule has 0 atom stereocenters. The summed E-state index contributed by atoms with van der Waals surface area (Å²) in [4.78, 5) is 36.3. The van der Waals surface area contributed by atoms with Crippen molar-refractivity contribution < 1.29 is 19.1 Å². The van der Waals surface area contributed by atoms with Crippen molar-refractivity contribution in [3.8, 4) is 0 Å². The minimum atomic E-state index is -0.404. The fourth-order valence-electron chi connectivity index (χ4n) is 2.90. The molecule has 0 spiro atoms. The zero-order valence-corrected chi connectivity index (χ0v) is 19.4. The van der Waals surface area contributed by atoms with E-state index in [1.807, 2.05) is 25.1 Å². The number of nitrogens with one attached hydrogen (secondary N) is 2. The van der Waals surface area contributed by atoms with Gasteiger partial charge in [-0.2, -0.15) is 0 Å². The standard InChI is InChI=1S/C23H25N5O4S/c1-4-32-22(31)16-8-10-18(11-9-16)25-20(29)14-33-23-27-26-19(28(23)3)13-24-21(30)17-7-5-6-15(2)12-17/h5-12H,4,13-14H2,1-3H3,(H,24,30)(H,25,29). The number of aromatic nitrogens is 3. The van der Waals surface area contributed by atoms with E-state index in [2.05, 4.69) is 20.8 Å². The monoisotopic (exact) mass is 467 g/mol. The normalized spacial score (nSPS) is 10.5. The Kier molecular flexibility index (Phi) is 8.20. The first-order chi connectivity index (χ1) is 15.9. The maximum Gasteiger partial charge on any atom is 0.338 e. The molecule has 33 heavy (non-hydrogen) atoms. The summed E-state index contributed by atoms with van der Waals surface area (Å²) in [5.74, 6) is -0.112. The third kappa shape index (κ3) is 6.66. The van der Waals surface area contributed by atoms with Crippen LogP contribution in [0.15, 0.2) is 53.7 Å². The van der Waals surface area contributed by atoms with Gasteiger partial charge in [0.05, 0.1) is 24.5 Å². The number of anilines is 1. The molecule has 0 fully saturated rings. The minimum Gasteiger partial charge on any atom is -0.462 e. The molecule has 0 aliphatic rings. The van der Waals surface area contributed by atoms with Crippen LogP contribution in [0.4, 0.5) is 5.69 Å². The van der Waals surface area contributed by atoms with Gasteiger partial charge in [0.15, 0.2) is 11.0 Å². The van der Waals surface area contributed by atoms with E-state index in [0.29, 0.717) is 34.4 Å². The number of esters is 1. The zero-order chi connectivity index (χ0) is 23.8. The molecule has 0 bridgehead atoms. The molecule has 2 amide bonds. The highest BCUT2D eigenvalue weighted by Crippen LogP contribution is 2.17. The third-order valence-electron chi connectivity index (χ3n) is 4.62. The number of thioether (sulfide) groups is 1. The Morgan fingerprint density at radius 1 is 1.06 bits per heavy atom. The molecule has 9 nitrogen and oxygen atoms in total. The van der Waals surface area contributed by atoms with Gasteiger partial charge in [-0.25, -0.2) is 4.79 Å². The molecule has 3 rings (SSSR count).